The lowest BCUT2D eigenvalue weighted by molar-refractivity contribution is 0.191. The van der Waals surface area contributed by atoms with Gasteiger partial charge in [0.2, 0.25) is 0 Å². The highest BCUT2D eigenvalue weighted by molar-refractivity contribution is 6.30. The van der Waals surface area contributed by atoms with Crippen LogP contribution in [0.3, 0.4) is 0 Å². The minimum Gasteiger partial charge on any atom is -0.496 e. The van der Waals surface area contributed by atoms with Gasteiger partial charge in [-0.3, -0.25) is 0 Å². The molecule has 0 saturated heterocycles. The molecule has 1 aromatic rings. The topological polar surface area (TPSA) is 30.5 Å². The summed E-state index contributed by atoms with van der Waals surface area (Å²) in [6.07, 6.45) is 2.02. The van der Waals surface area contributed by atoms with Crippen LogP contribution in [0.25, 0.3) is 0 Å². The van der Waals surface area contributed by atoms with Gasteiger partial charge in [0, 0.05) is 25.2 Å². The molecule has 0 aliphatic heterocycles. The Labute approximate surface area is 127 Å². The molecule has 0 amide bonds. The zero-order chi connectivity index (χ0) is 15.0. The summed E-state index contributed by atoms with van der Waals surface area (Å²) in [6.45, 7) is 7.06. The van der Waals surface area contributed by atoms with Gasteiger partial charge in [-0.2, -0.15) is 0 Å². The van der Waals surface area contributed by atoms with Crippen molar-refractivity contribution < 1.29 is 9.47 Å². The minimum absolute atomic E-state index is 0.172. The van der Waals surface area contributed by atoms with E-state index in [4.69, 9.17) is 21.1 Å². The number of methoxy groups -OCH3 is 2. The second-order valence-electron chi connectivity index (χ2n) is 5.47. The van der Waals surface area contributed by atoms with Gasteiger partial charge in [0.05, 0.1) is 13.7 Å². The fraction of sp³-hybridized carbons (Fsp3) is 0.625. The van der Waals surface area contributed by atoms with Crippen LogP contribution in [0.5, 0.6) is 5.75 Å². The van der Waals surface area contributed by atoms with E-state index in [-0.39, 0.29) is 5.41 Å². The molecule has 114 valence electrons. The third kappa shape index (κ3) is 5.31. The highest BCUT2D eigenvalue weighted by Crippen LogP contribution is 2.32. The van der Waals surface area contributed by atoms with Crippen LogP contribution in [0.15, 0.2) is 18.2 Å². The van der Waals surface area contributed by atoms with Crippen LogP contribution in [0, 0.1) is 5.41 Å². The molecular weight excluding hydrogens is 274 g/mol. The maximum absolute atomic E-state index is 6.10. The smallest absolute Gasteiger partial charge is 0.122 e. The molecular formula is C16H26ClNO2. The second kappa shape index (κ2) is 8.50. The van der Waals surface area contributed by atoms with Crippen molar-refractivity contribution in [2.75, 3.05) is 33.9 Å². The molecule has 0 aliphatic rings. The van der Waals surface area contributed by atoms with E-state index in [1.807, 2.05) is 18.2 Å². The molecule has 4 heteroatoms. The van der Waals surface area contributed by atoms with Crippen LogP contribution in [0.1, 0.15) is 25.8 Å². The van der Waals surface area contributed by atoms with Crippen LogP contribution in [0.4, 0.5) is 0 Å². The van der Waals surface area contributed by atoms with Gasteiger partial charge in [0.25, 0.3) is 0 Å². The Bertz CT molecular complexity index is 411. The summed E-state index contributed by atoms with van der Waals surface area (Å²) in [4.78, 5) is 0. The predicted molar refractivity (Wildman–Crippen MR) is 84.9 cm³/mol. The first-order chi connectivity index (χ1) is 9.54. The monoisotopic (exact) mass is 299 g/mol. The van der Waals surface area contributed by atoms with Crippen molar-refractivity contribution in [3.05, 3.63) is 28.8 Å². The van der Waals surface area contributed by atoms with Gasteiger partial charge >= 0.3 is 0 Å². The molecule has 1 atom stereocenters. The van der Waals surface area contributed by atoms with Crippen LogP contribution < -0.4 is 10.1 Å². The molecule has 0 radical (unpaired) electrons. The molecule has 3 nitrogen and oxygen atoms in total. The average molecular weight is 300 g/mol. The first kappa shape index (κ1) is 17.3. The van der Waals surface area contributed by atoms with E-state index in [0.717, 1.165) is 48.9 Å². The molecule has 0 bridgehead atoms. The number of ether oxygens (including phenoxy) is 2. The van der Waals surface area contributed by atoms with Gasteiger partial charge in [-0.1, -0.05) is 25.4 Å². The fourth-order valence-electron chi connectivity index (χ4n) is 2.22. The summed E-state index contributed by atoms with van der Waals surface area (Å²) in [5.74, 6) is 0.908. The van der Waals surface area contributed by atoms with E-state index >= 15 is 0 Å². The Balaban J connectivity index is 2.73. The van der Waals surface area contributed by atoms with Crippen molar-refractivity contribution in [3.8, 4) is 5.75 Å². The summed E-state index contributed by atoms with van der Waals surface area (Å²) in [7, 11) is 3.42. The summed E-state index contributed by atoms with van der Waals surface area (Å²) in [5.41, 5.74) is 1.34. The van der Waals surface area contributed by atoms with E-state index in [1.54, 1.807) is 14.2 Å². The second-order valence-corrected chi connectivity index (χ2v) is 5.90. The molecule has 0 spiro atoms. The Morgan fingerprint density at radius 3 is 2.65 bits per heavy atom. The summed E-state index contributed by atoms with van der Waals surface area (Å²) >= 11 is 6.10. The molecule has 20 heavy (non-hydrogen) atoms. The van der Waals surface area contributed by atoms with E-state index in [9.17, 15) is 0 Å². The lowest BCUT2D eigenvalue weighted by Crippen LogP contribution is -2.35. The predicted octanol–water partition coefficient (Wildman–Crippen LogP) is 3.54. The molecule has 0 saturated carbocycles. The molecule has 1 rings (SSSR count). The number of benzene rings is 1. The number of halogens is 1. The Hall–Kier alpha value is -0.770. The van der Waals surface area contributed by atoms with Gasteiger partial charge in [-0.15, -0.1) is 0 Å². The first-order valence-electron chi connectivity index (χ1n) is 7.06. The molecule has 0 fully saturated rings. The van der Waals surface area contributed by atoms with Crippen molar-refractivity contribution in [1.82, 2.24) is 5.32 Å². The van der Waals surface area contributed by atoms with Gasteiger partial charge < -0.3 is 14.8 Å². The normalized spacial score (nSPS) is 14.1. The standard InChI is InChI=1S/C16H26ClNO2/c1-5-16(2,12-18-8-9-19-3)11-13-10-14(17)6-7-15(13)20-4/h6-7,10,18H,5,8-9,11-12H2,1-4H3. The number of nitrogens with one attached hydrogen (secondary N) is 1. The zero-order valence-corrected chi connectivity index (χ0v) is 13.7. The van der Waals surface area contributed by atoms with Crippen molar-refractivity contribution >= 4 is 11.6 Å². The van der Waals surface area contributed by atoms with Crippen molar-refractivity contribution in [2.24, 2.45) is 5.41 Å². The Kier molecular flexibility index (Phi) is 7.35. The number of hydrogen-bond donors (Lipinski definition) is 1. The first-order valence-corrected chi connectivity index (χ1v) is 7.44. The third-order valence-corrected chi connectivity index (χ3v) is 3.98. The van der Waals surface area contributed by atoms with E-state index in [0.29, 0.717) is 0 Å². The zero-order valence-electron chi connectivity index (χ0n) is 13.0. The third-order valence-electron chi connectivity index (χ3n) is 3.75. The van der Waals surface area contributed by atoms with Gasteiger partial charge in [0.1, 0.15) is 5.75 Å². The largest absolute Gasteiger partial charge is 0.496 e. The van der Waals surface area contributed by atoms with Gasteiger partial charge in [0.15, 0.2) is 0 Å². The van der Waals surface area contributed by atoms with Crippen LogP contribution >= 0.6 is 11.6 Å². The number of hydrogen-bond acceptors (Lipinski definition) is 3. The molecule has 0 aliphatic carbocycles. The molecule has 0 aromatic heterocycles. The molecule has 0 heterocycles. The number of rotatable bonds is 9. The van der Waals surface area contributed by atoms with E-state index < -0.39 is 0 Å². The SMILES string of the molecule is CCC(C)(CNCCOC)Cc1cc(Cl)ccc1OC. The highest BCUT2D eigenvalue weighted by Gasteiger charge is 2.24. The lowest BCUT2D eigenvalue weighted by Gasteiger charge is -2.29. The Morgan fingerprint density at radius 1 is 1.30 bits per heavy atom. The van der Waals surface area contributed by atoms with Crippen molar-refractivity contribution in [1.29, 1.82) is 0 Å². The summed E-state index contributed by atoms with van der Waals surface area (Å²) in [6, 6.07) is 5.81. The lowest BCUT2D eigenvalue weighted by atomic mass is 9.81. The maximum atomic E-state index is 6.10. The average Bonchev–Trinajstić information content (AvgIpc) is 2.44. The maximum Gasteiger partial charge on any atom is 0.122 e. The summed E-state index contributed by atoms with van der Waals surface area (Å²) in [5, 5.41) is 4.21. The van der Waals surface area contributed by atoms with E-state index in [1.165, 1.54) is 0 Å². The van der Waals surface area contributed by atoms with Crippen LogP contribution in [-0.2, 0) is 11.2 Å². The van der Waals surface area contributed by atoms with Gasteiger partial charge in [-0.25, -0.2) is 0 Å². The molecule has 1 aromatic carbocycles. The Morgan fingerprint density at radius 2 is 2.05 bits per heavy atom. The fourth-order valence-corrected chi connectivity index (χ4v) is 2.42. The molecule has 1 N–H and O–H groups in total. The van der Waals surface area contributed by atoms with Crippen LogP contribution in [0.2, 0.25) is 5.02 Å². The summed E-state index contributed by atoms with van der Waals surface area (Å²) < 4.78 is 10.5. The van der Waals surface area contributed by atoms with Crippen molar-refractivity contribution in [3.63, 3.8) is 0 Å². The van der Waals surface area contributed by atoms with E-state index in [2.05, 4.69) is 19.2 Å². The van der Waals surface area contributed by atoms with Crippen LogP contribution in [-0.4, -0.2) is 33.9 Å². The molecule has 1 unspecified atom stereocenters. The highest BCUT2D eigenvalue weighted by atomic mass is 35.5. The quantitative estimate of drug-likeness (QED) is 0.708. The minimum atomic E-state index is 0.172. The van der Waals surface area contributed by atoms with Crippen molar-refractivity contribution in [2.45, 2.75) is 26.7 Å². The van der Waals surface area contributed by atoms with Gasteiger partial charge in [-0.05, 0) is 42.0 Å².